The molecular weight excluding hydrogens is 284 g/mol. The van der Waals surface area contributed by atoms with Crippen LogP contribution in [0, 0.1) is 5.92 Å². The molecule has 1 amide bonds. The predicted molar refractivity (Wildman–Crippen MR) is 85.9 cm³/mol. The molecule has 2 aromatic carbocycles. The smallest absolute Gasteiger partial charge is 0.248 e. The van der Waals surface area contributed by atoms with Crippen LogP contribution in [-0.4, -0.2) is 16.2 Å². The first kappa shape index (κ1) is 15.7. The molecule has 0 aromatic heterocycles. The minimum Gasteiger partial charge on any atom is -0.320 e. The lowest BCUT2D eigenvalue weighted by Gasteiger charge is -2.13. The van der Waals surface area contributed by atoms with Gasteiger partial charge in [-0.1, -0.05) is 44.2 Å². The van der Waals surface area contributed by atoms with Crippen molar-refractivity contribution in [1.82, 2.24) is 4.72 Å². The third kappa shape index (κ3) is 4.12. The van der Waals surface area contributed by atoms with E-state index in [1.54, 1.807) is 6.07 Å². The average Bonchev–Trinajstić information content (AvgIpc) is 2.45. The number of hydrogen-bond acceptors (Lipinski definition) is 3. The number of nitrogens with one attached hydrogen (secondary N) is 1. The number of benzene rings is 2. The van der Waals surface area contributed by atoms with Crippen LogP contribution in [0.3, 0.4) is 0 Å². The summed E-state index contributed by atoms with van der Waals surface area (Å²) in [4.78, 5) is 12.5. The summed E-state index contributed by atoms with van der Waals surface area (Å²) in [6, 6.07) is 12.6. The van der Waals surface area contributed by atoms with Crippen LogP contribution < -0.4 is 10.5 Å². The fourth-order valence-corrected chi connectivity index (χ4v) is 3.00. The standard InChI is InChI=1S/C16H20N2O2S/c1-11(2)9-15(17)16(19)18-21(20)14-8-7-12-5-3-4-6-13(12)10-14/h3-8,10-11,15H,9,17H2,1-2H3,(H,18,19). The molecule has 2 rings (SSSR count). The first-order valence-corrected chi connectivity index (χ1v) is 8.09. The molecule has 2 aromatic rings. The van der Waals surface area contributed by atoms with Crippen molar-refractivity contribution in [2.45, 2.75) is 31.2 Å². The predicted octanol–water partition coefficient (Wildman–Crippen LogP) is 2.35. The highest BCUT2D eigenvalue weighted by molar-refractivity contribution is 7.83. The van der Waals surface area contributed by atoms with Gasteiger partial charge in [0.1, 0.15) is 0 Å². The topological polar surface area (TPSA) is 72.2 Å². The summed E-state index contributed by atoms with van der Waals surface area (Å²) in [5.41, 5.74) is 5.79. The molecule has 0 bridgehead atoms. The zero-order chi connectivity index (χ0) is 15.4. The SMILES string of the molecule is CC(C)CC(N)C(=O)NS(=O)c1ccc2ccccc2c1. The maximum absolute atomic E-state index is 12.2. The number of fused-ring (bicyclic) bond motifs is 1. The largest absolute Gasteiger partial charge is 0.320 e. The van der Waals surface area contributed by atoms with Crippen LogP contribution in [0.1, 0.15) is 20.3 Å². The van der Waals surface area contributed by atoms with Gasteiger partial charge < -0.3 is 5.73 Å². The Kier molecular flexibility index (Phi) is 5.09. The van der Waals surface area contributed by atoms with E-state index in [1.807, 2.05) is 50.2 Å². The zero-order valence-electron chi connectivity index (χ0n) is 12.2. The summed E-state index contributed by atoms with van der Waals surface area (Å²) >= 11 is 0. The van der Waals surface area contributed by atoms with Crippen molar-refractivity contribution >= 4 is 27.7 Å². The van der Waals surface area contributed by atoms with Gasteiger partial charge in [-0.3, -0.25) is 9.52 Å². The number of amides is 1. The molecule has 0 fully saturated rings. The Morgan fingerprint density at radius 1 is 1.19 bits per heavy atom. The van der Waals surface area contributed by atoms with Crippen LogP contribution in [0.4, 0.5) is 0 Å². The van der Waals surface area contributed by atoms with Crippen LogP contribution in [0.25, 0.3) is 10.8 Å². The maximum atomic E-state index is 12.2. The van der Waals surface area contributed by atoms with Crippen LogP contribution >= 0.6 is 0 Å². The Bertz CT molecular complexity index is 670. The first-order chi connectivity index (χ1) is 9.97. The van der Waals surface area contributed by atoms with Crippen molar-refractivity contribution in [3.63, 3.8) is 0 Å². The van der Waals surface area contributed by atoms with Gasteiger partial charge in [-0.05, 0) is 35.2 Å². The summed E-state index contributed by atoms with van der Waals surface area (Å²) in [6.45, 7) is 3.99. The Balaban J connectivity index is 2.09. The molecule has 0 saturated heterocycles. The summed E-state index contributed by atoms with van der Waals surface area (Å²) in [7, 11) is -1.58. The van der Waals surface area contributed by atoms with Crippen molar-refractivity contribution in [3.8, 4) is 0 Å². The van der Waals surface area contributed by atoms with Crippen LogP contribution in [0.5, 0.6) is 0 Å². The van der Waals surface area contributed by atoms with E-state index in [-0.39, 0.29) is 5.91 Å². The minimum absolute atomic E-state index is 0.319. The molecular formula is C16H20N2O2S. The van der Waals surface area contributed by atoms with Gasteiger partial charge in [-0.25, -0.2) is 4.21 Å². The number of hydrogen-bond donors (Lipinski definition) is 2. The molecule has 0 aliphatic heterocycles. The Morgan fingerprint density at radius 2 is 1.86 bits per heavy atom. The van der Waals surface area contributed by atoms with E-state index in [0.717, 1.165) is 10.8 Å². The van der Waals surface area contributed by atoms with Crippen molar-refractivity contribution in [2.75, 3.05) is 0 Å². The summed E-state index contributed by atoms with van der Waals surface area (Å²) in [6.07, 6.45) is 0.570. The van der Waals surface area contributed by atoms with Crippen molar-refractivity contribution in [2.24, 2.45) is 11.7 Å². The summed E-state index contributed by atoms with van der Waals surface area (Å²) < 4.78 is 14.7. The molecule has 4 nitrogen and oxygen atoms in total. The molecule has 2 unspecified atom stereocenters. The third-order valence-electron chi connectivity index (χ3n) is 3.19. The van der Waals surface area contributed by atoms with Crippen LogP contribution in [-0.2, 0) is 15.8 Å². The van der Waals surface area contributed by atoms with Gasteiger partial charge in [-0.15, -0.1) is 0 Å². The van der Waals surface area contributed by atoms with E-state index in [4.69, 9.17) is 5.73 Å². The second-order valence-electron chi connectivity index (χ2n) is 5.48. The number of carbonyl (C=O) groups excluding carboxylic acids is 1. The molecule has 21 heavy (non-hydrogen) atoms. The zero-order valence-corrected chi connectivity index (χ0v) is 13.0. The van der Waals surface area contributed by atoms with Crippen LogP contribution in [0.15, 0.2) is 47.4 Å². The van der Waals surface area contributed by atoms with E-state index in [9.17, 15) is 9.00 Å². The van der Waals surface area contributed by atoms with Gasteiger partial charge in [0.15, 0.2) is 11.0 Å². The van der Waals surface area contributed by atoms with E-state index < -0.39 is 17.0 Å². The lowest BCUT2D eigenvalue weighted by molar-refractivity contribution is -0.120. The Morgan fingerprint density at radius 3 is 2.52 bits per heavy atom. The highest BCUT2D eigenvalue weighted by atomic mass is 32.2. The van der Waals surface area contributed by atoms with E-state index in [0.29, 0.717) is 17.2 Å². The molecule has 0 spiro atoms. The maximum Gasteiger partial charge on any atom is 0.248 e. The molecule has 112 valence electrons. The van der Waals surface area contributed by atoms with E-state index in [1.165, 1.54) is 0 Å². The molecule has 0 aliphatic carbocycles. The normalized spacial score (nSPS) is 14.1. The first-order valence-electron chi connectivity index (χ1n) is 6.94. The quantitative estimate of drug-likeness (QED) is 0.890. The lowest BCUT2D eigenvalue weighted by atomic mass is 10.0. The minimum atomic E-state index is -1.58. The molecule has 0 radical (unpaired) electrons. The fraction of sp³-hybridized carbons (Fsp3) is 0.312. The molecule has 2 atom stereocenters. The fourth-order valence-electron chi connectivity index (χ4n) is 2.12. The van der Waals surface area contributed by atoms with Crippen LogP contribution in [0.2, 0.25) is 0 Å². The Hall–Kier alpha value is -1.72. The van der Waals surface area contributed by atoms with E-state index in [2.05, 4.69) is 4.72 Å². The van der Waals surface area contributed by atoms with Crippen molar-refractivity contribution in [3.05, 3.63) is 42.5 Å². The highest BCUT2D eigenvalue weighted by Gasteiger charge is 2.17. The Labute approximate surface area is 127 Å². The van der Waals surface area contributed by atoms with E-state index >= 15 is 0 Å². The average molecular weight is 304 g/mol. The van der Waals surface area contributed by atoms with Gasteiger partial charge in [0.25, 0.3) is 0 Å². The lowest BCUT2D eigenvalue weighted by Crippen LogP contribution is -2.42. The van der Waals surface area contributed by atoms with Gasteiger partial charge >= 0.3 is 0 Å². The summed E-state index contributed by atoms with van der Waals surface area (Å²) in [5, 5.41) is 2.06. The molecule has 5 heteroatoms. The second-order valence-corrected chi connectivity index (χ2v) is 6.69. The van der Waals surface area contributed by atoms with Gasteiger partial charge in [0, 0.05) is 0 Å². The highest BCUT2D eigenvalue weighted by Crippen LogP contribution is 2.17. The van der Waals surface area contributed by atoms with Crippen molar-refractivity contribution < 1.29 is 9.00 Å². The number of carbonyl (C=O) groups is 1. The molecule has 0 saturated carbocycles. The molecule has 3 N–H and O–H groups in total. The number of rotatable bonds is 5. The monoisotopic (exact) mass is 304 g/mol. The van der Waals surface area contributed by atoms with Gasteiger partial charge in [0.05, 0.1) is 10.9 Å². The number of nitrogens with two attached hydrogens (primary N) is 1. The summed E-state index contributed by atoms with van der Waals surface area (Å²) in [5.74, 6) is -0.0601. The van der Waals surface area contributed by atoms with Crippen molar-refractivity contribution in [1.29, 1.82) is 0 Å². The van der Waals surface area contributed by atoms with Gasteiger partial charge in [0.2, 0.25) is 5.91 Å². The molecule has 0 aliphatic rings. The van der Waals surface area contributed by atoms with Gasteiger partial charge in [-0.2, -0.15) is 0 Å². The third-order valence-corrected chi connectivity index (χ3v) is 4.26. The molecule has 0 heterocycles. The second kappa shape index (κ2) is 6.83.